The Kier molecular flexibility index (Phi) is 8.83. The predicted molar refractivity (Wildman–Crippen MR) is 128 cm³/mol. The largest absolute Gasteiger partial charge is 0.481 e. The van der Waals surface area contributed by atoms with Crippen molar-refractivity contribution in [1.82, 2.24) is 10.2 Å². The van der Waals surface area contributed by atoms with Crippen LogP contribution in [-0.2, 0) is 23.9 Å². The maximum Gasteiger partial charge on any atom is 0.408 e. The molecule has 0 spiro atoms. The zero-order valence-corrected chi connectivity index (χ0v) is 19.9. The normalized spacial score (nSPS) is 12.7. The van der Waals surface area contributed by atoms with Crippen LogP contribution in [0.4, 0.5) is 4.79 Å². The summed E-state index contributed by atoms with van der Waals surface area (Å²) >= 11 is 0. The first-order valence-corrected chi connectivity index (χ1v) is 11.7. The van der Waals surface area contributed by atoms with Gasteiger partial charge in [-0.1, -0.05) is 55.5 Å². The summed E-state index contributed by atoms with van der Waals surface area (Å²) in [5.74, 6) is -2.92. The smallest absolute Gasteiger partial charge is 0.408 e. The highest BCUT2D eigenvalue weighted by Crippen LogP contribution is 2.44. The van der Waals surface area contributed by atoms with Crippen molar-refractivity contribution in [1.29, 1.82) is 0 Å². The van der Waals surface area contributed by atoms with Crippen LogP contribution < -0.4 is 5.32 Å². The van der Waals surface area contributed by atoms with Gasteiger partial charge in [-0.25, -0.2) is 9.59 Å². The molecule has 1 aliphatic rings. The predicted octanol–water partition coefficient (Wildman–Crippen LogP) is 3.17. The second-order valence-electron chi connectivity index (χ2n) is 8.12. The molecule has 1 aliphatic carbocycles. The quantitative estimate of drug-likeness (QED) is 0.373. The van der Waals surface area contributed by atoms with E-state index in [1.165, 1.54) is 4.90 Å². The number of nitrogens with one attached hydrogen (secondary N) is 1. The minimum absolute atomic E-state index is 0.0118. The van der Waals surface area contributed by atoms with E-state index in [1.807, 2.05) is 55.5 Å². The molecule has 0 saturated heterocycles. The molecule has 3 rings (SSSR count). The molecule has 2 N–H and O–H groups in total. The highest BCUT2D eigenvalue weighted by Gasteiger charge is 2.35. The first-order valence-electron chi connectivity index (χ1n) is 11.7. The Bertz CT molecular complexity index is 1040. The number of aliphatic carboxylic acids is 1. The highest BCUT2D eigenvalue weighted by molar-refractivity contribution is 6.04. The van der Waals surface area contributed by atoms with E-state index in [4.69, 9.17) is 14.6 Å². The van der Waals surface area contributed by atoms with Crippen molar-refractivity contribution < 1.29 is 33.8 Å². The van der Waals surface area contributed by atoms with Gasteiger partial charge in [0.1, 0.15) is 6.61 Å². The van der Waals surface area contributed by atoms with Gasteiger partial charge in [0, 0.05) is 19.0 Å². The van der Waals surface area contributed by atoms with Crippen molar-refractivity contribution in [2.24, 2.45) is 0 Å². The van der Waals surface area contributed by atoms with E-state index in [0.29, 0.717) is 6.42 Å². The minimum Gasteiger partial charge on any atom is -0.481 e. The van der Waals surface area contributed by atoms with E-state index in [2.05, 4.69) is 5.32 Å². The van der Waals surface area contributed by atoms with Crippen LogP contribution in [0.5, 0.6) is 0 Å². The van der Waals surface area contributed by atoms with Crippen LogP contribution in [0.1, 0.15) is 43.7 Å². The lowest BCUT2D eigenvalue weighted by atomic mass is 9.98. The average Bonchev–Trinajstić information content (AvgIpc) is 3.17. The van der Waals surface area contributed by atoms with Crippen LogP contribution in [0.3, 0.4) is 0 Å². The maximum atomic E-state index is 13.0. The molecule has 2 aromatic rings. The van der Waals surface area contributed by atoms with Crippen LogP contribution in [0.2, 0.25) is 0 Å². The standard InChI is InChI=1S/C26H30N2O7/c1-3-14-28(15-13-22(29)30)24(31)23(25(32)34-4-2)27-26(33)35-16-21-19-11-7-5-9-17(19)18-10-6-8-12-20(18)21/h5-12,21,23H,3-4,13-16H2,1-2H3,(H,27,33)(H,29,30). The number of fused-ring (bicyclic) bond motifs is 3. The van der Waals surface area contributed by atoms with Gasteiger partial charge in [0.05, 0.1) is 13.0 Å². The molecule has 1 atom stereocenters. The third-order valence-electron chi connectivity index (χ3n) is 5.78. The number of ether oxygens (including phenoxy) is 2. The minimum atomic E-state index is -1.63. The molecule has 0 saturated carbocycles. The highest BCUT2D eigenvalue weighted by atomic mass is 16.6. The fourth-order valence-corrected chi connectivity index (χ4v) is 4.22. The van der Waals surface area contributed by atoms with Crippen molar-refractivity contribution in [3.63, 3.8) is 0 Å². The first kappa shape index (κ1) is 25.7. The van der Waals surface area contributed by atoms with Gasteiger partial charge < -0.3 is 19.5 Å². The lowest BCUT2D eigenvalue weighted by molar-refractivity contribution is -0.152. The lowest BCUT2D eigenvalue weighted by Gasteiger charge is -2.26. The number of hydrogen-bond donors (Lipinski definition) is 2. The number of carboxylic acids is 1. The Morgan fingerprint density at radius 2 is 1.54 bits per heavy atom. The summed E-state index contributed by atoms with van der Waals surface area (Å²) in [4.78, 5) is 50.5. The summed E-state index contributed by atoms with van der Waals surface area (Å²) in [6.45, 7) is 3.57. The van der Waals surface area contributed by atoms with Crippen molar-refractivity contribution in [2.75, 3.05) is 26.3 Å². The van der Waals surface area contributed by atoms with Crippen molar-refractivity contribution in [2.45, 2.75) is 38.6 Å². The molecule has 0 bridgehead atoms. The second kappa shape index (κ2) is 12.0. The number of carboxylic acid groups (broad SMARTS) is 1. The van der Waals surface area contributed by atoms with Crippen molar-refractivity contribution >= 4 is 23.9 Å². The number of hydrogen-bond acceptors (Lipinski definition) is 6. The van der Waals surface area contributed by atoms with Gasteiger partial charge in [-0.3, -0.25) is 14.9 Å². The number of amides is 2. The van der Waals surface area contributed by atoms with Gasteiger partial charge in [0.2, 0.25) is 6.04 Å². The average molecular weight is 483 g/mol. The van der Waals surface area contributed by atoms with Gasteiger partial charge in [0.15, 0.2) is 0 Å². The molecule has 186 valence electrons. The molecule has 0 fully saturated rings. The summed E-state index contributed by atoms with van der Waals surface area (Å²) in [6, 6.07) is 14.1. The Morgan fingerprint density at radius 1 is 0.943 bits per heavy atom. The molecule has 9 heteroatoms. The molecule has 0 heterocycles. The summed E-state index contributed by atoms with van der Waals surface area (Å²) in [7, 11) is 0. The van der Waals surface area contributed by atoms with E-state index in [0.717, 1.165) is 22.3 Å². The van der Waals surface area contributed by atoms with Gasteiger partial charge in [-0.15, -0.1) is 0 Å². The number of carbonyl (C=O) groups excluding carboxylic acids is 3. The second-order valence-corrected chi connectivity index (χ2v) is 8.12. The Morgan fingerprint density at radius 3 is 2.09 bits per heavy atom. The topological polar surface area (TPSA) is 122 Å². The molecule has 9 nitrogen and oxygen atoms in total. The molecule has 0 aromatic heterocycles. The third kappa shape index (κ3) is 6.17. The molecule has 35 heavy (non-hydrogen) atoms. The number of rotatable bonds is 11. The molecular formula is C26H30N2O7. The molecule has 0 aliphatic heterocycles. The monoisotopic (exact) mass is 482 g/mol. The van der Waals surface area contributed by atoms with Gasteiger partial charge >= 0.3 is 18.0 Å². The number of benzene rings is 2. The zero-order valence-electron chi connectivity index (χ0n) is 19.9. The number of nitrogens with zero attached hydrogens (tertiary/aromatic N) is 1. The van der Waals surface area contributed by atoms with Crippen molar-refractivity contribution in [3.05, 3.63) is 59.7 Å². The fourth-order valence-electron chi connectivity index (χ4n) is 4.22. The number of carbonyl (C=O) groups is 4. The fraction of sp³-hybridized carbons (Fsp3) is 0.385. The van der Waals surface area contributed by atoms with E-state index in [1.54, 1.807) is 6.92 Å². The Labute approximate surface area is 204 Å². The Balaban J connectivity index is 1.72. The van der Waals surface area contributed by atoms with Crippen LogP contribution >= 0.6 is 0 Å². The van der Waals surface area contributed by atoms with Gasteiger partial charge in [-0.05, 0) is 35.6 Å². The molecule has 0 radical (unpaired) electrons. The number of alkyl carbamates (subject to hydrolysis) is 1. The Hall–Kier alpha value is -3.88. The first-order chi connectivity index (χ1) is 16.9. The molecule has 1 unspecified atom stereocenters. The summed E-state index contributed by atoms with van der Waals surface area (Å²) in [5.41, 5.74) is 4.21. The third-order valence-corrected chi connectivity index (χ3v) is 5.78. The van der Waals surface area contributed by atoms with E-state index in [-0.39, 0.29) is 38.6 Å². The van der Waals surface area contributed by atoms with Crippen LogP contribution in [0, 0.1) is 0 Å². The maximum absolute atomic E-state index is 13.0. The van der Waals surface area contributed by atoms with Gasteiger partial charge in [0.25, 0.3) is 5.91 Å². The number of esters is 1. The SMILES string of the molecule is CCCN(CCC(=O)O)C(=O)C(NC(=O)OCC1c2ccccc2-c2ccccc21)C(=O)OCC. The summed E-state index contributed by atoms with van der Waals surface area (Å²) in [6.07, 6.45) is -0.675. The molecular weight excluding hydrogens is 452 g/mol. The van der Waals surface area contributed by atoms with Crippen LogP contribution in [0.15, 0.2) is 48.5 Å². The van der Waals surface area contributed by atoms with Crippen LogP contribution in [-0.4, -0.2) is 66.3 Å². The summed E-state index contributed by atoms with van der Waals surface area (Å²) in [5, 5.41) is 11.3. The van der Waals surface area contributed by atoms with Crippen molar-refractivity contribution in [3.8, 4) is 11.1 Å². The van der Waals surface area contributed by atoms with Crippen LogP contribution in [0.25, 0.3) is 11.1 Å². The van der Waals surface area contributed by atoms with E-state index < -0.39 is 30.0 Å². The van der Waals surface area contributed by atoms with E-state index in [9.17, 15) is 19.2 Å². The van der Waals surface area contributed by atoms with E-state index >= 15 is 0 Å². The zero-order chi connectivity index (χ0) is 25.4. The molecule has 2 amide bonds. The lowest BCUT2D eigenvalue weighted by Crippen LogP contribution is -2.54. The molecule has 2 aromatic carbocycles. The summed E-state index contributed by atoms with van der Waals surface area (Å²) < 4.78 is 10.4. The van der Waals surface area contributed by atoms with Gasteiger partial charge in [-0.2, -0.15) is 0 Å².